The van der Waals surface area contributed by atoms with Crippen LogP contribution in [0.3, 0.4) is 0 Å². The van der Waals surface area contributed by atoms with Crippen molar-refractivity contribution in [2.45, 2.75) is 27.3 Å². The summed E-state index contributed by atoms with van der Waals surface area (Å²) in [5.74, 6) is 0.315. The molecule has 2 rings (SSSR count). The highest BCUT2D eigenvalue weighted by molar-refractivity contribution is 7.71. The molecule has 21 heavy (non-hydrogen) atoms. The van der Waals surface area contributed by atoms with Crippen LogP contribution in [0, 0.1) is 18.6 Å². The van der Waals surface area contributed by atoms with Gasteiger partial charge in [0.25, 0.3) is 0 Å². The normalized spacial score (nSPS) is 10.6. The fourth-order valence-electron chi connectivity index (χ4n) is 2.29. The first-order valence-electron chi connectivity index (χ1n) is 6.64. The number of nitrogens with zero attached hydrogens (tertiary/aromatic N) is 2. The van der Waals surface area contributed by atoms with Crippen molar-refractivity contribution in [3.05, 3.63) is 34.2 Å². The van der Waals surface area contributed by atoms with Gasteiger partial charge in [-0.25, -0.2) is 4.79 Å². The van der Waals surface area contributed by atoms with Crippen LogP contribution in [0.4, 0.5) is 0 Å². The van der Waals surface area contributed by atoms with Gasteiger partial charge in [-0.1, -0.05) is 6.08 Å². The number of H-pyrrole nitrogens is 2. The standard InChI is InChI=1S/C14H18N4O2S/c1-5-7-18-12(16-17-14(18)21)11-8(3)10(9(4)15-11)13(19)20-6-2/h5,15H,1,6-7H2,2-4H3,(H,17,21). The molecule has 7 heteroatoms. The van der Waals surface area contributed by atoms with E-state index in [0.717, 1.165) is 17.0 Å². The molecular weight excluding hydrogens is 288 g/mol. The van der Waals surface area contributed by atoms with Crippen molar-refractivity contribution >= 4 is 18.2 Å². The number of nitrogens with one attached hydrogen (secondary N) is 2. The van der Waals surface area contributed by atoms with Gasteiger partial charge < -0.3 is 9.72 Å². The first-order chi connectivity index (χ1) is 10.0. The van der Waals surface area contributed by atoms with Gasteiger partial charge in [0, 0.05) is 12.2 Å². The quantitative estimate of drug-likeness (QED) is 0.506. The number of allylic oxidation sites excluding steroid dienone is 1. The largest absolute Gasteiger partial charge is 0.462 e. The van der Waals surface area contributed by atoms with Crippen molar-refractivity contribution in [3.8, 4) is 11.5 Å². The van der Waals surface area contributed by atoms with Gasteiger partial charge in [0.1, 0.15) is 0 Å². The molecule has 0 aromatic carbocycles. The number of aromatic nitrogens is 4. The highest BCUT2D eigenvalue weighted by atomic mass is 32.1. The summed E-state index contributed by atoms with van der Waals surface area (Å²) in [6, 6.07) is 0. The Morgan fingerprint density at radius 3 is 2.86 bits per heavy atom. The van der Waals surface area contributed by atoms with Gasteiger partial charge in [0.2, 0.25) is 0 Å². The molecule has 2 heterocycles. The average molecular weight is 306 g/mol. The minimum Gasteiger partial charge on any atom is -0.462 e. The Morgan fingerprint density at radius 1 is 1.52 bits per heavy atom. The lowest BCUT2D eigenvalue weighted by Gasteiger charge is -2.04. The number of rotatable bonds is 5. The molecule has 2 aromatic rings. The lowest BCUT2D eigenvalue weighted by Crippen LogP contribution is -2.06. The van der Waals surface area contributed by atoms with Crippen molar-refractivity contribution in [2.24, 2.45) is 0 Å². The number of carbonyl (C=O) groups is 1. The van der Waals surface area contributed by atoms with Gasteiger partial charge in [-0.2, -0.15) is 5.10 Å². The molecule has 0 aliphatic rings. The topological polar surface area (TPSA) is 75.7 Å². The van der Waals surface area contributed by atoms with Crippen molar-refractivity contribution in [2.75, 3.05) is 6.61 Å². The molecule has 0 saturated heterocycles. The zero-order valence-electron chi connectivity index (χ0n) is 12.3. The monoisotopic (exact) mass is 306 g/mol. The molecule has 2 N–H and O–H groups in total. The molecular formula is C14H18N4O2S. The Kier molecular flexibility index (Phi) is 4.42. The van der Waals surface area contributed by atoms with E-state index < -0.39 is 0 Å². The van der Waals surface area contributed by atoms with E-state index in [9.17, 15) is 4.79 Å². The van der Waals surface area contributed by atoms with Crippen molar-refractivity contribution in [1.82, 2.24) is 19.7 Å². The van der Waals surface area contributed by atoms with Gasteiger partial charge in [0.15, 0.2) is 10.6 Å². The molecule has 2 aromatic heterocycles. The lowest BCUT2D eigenvalue weighted by atomic mass is 10.1. The highest BCUT2D eigenvalue weighted by Crippen LogP contribution is 2.27. The number of aromatic amines is 2. The highest BCUT2D eigenvalue weighted by Gasteiger charge is 2.22. The predicted molar refractivity (Wildman–Crippen MR) is 82.8 cm³/mol. The van der Waals surface area contributed by atoms with E-state index in [-0.39, 0.29) is 5.97 Å². The summed E-state index contributed by atoms with van der Waals surface area (Å²) in [7, 11) is 0. The fourth-order valence-corrected chi connectivity index (χ4v) is 2.50. The van der Waals surface area contributed by atoms with Crippen molar-refractivity contribution in [3.63, 3.8) is 0 Å². The second kappa shape index (κ2) is 6.09. The zero-order valence-corrected chi connectivity index (χ0v) is 13.1. The average Bonchev–Trinajstić information content (AvgIpc) is 2.92. The minimum absolute atomic E-state index is 0.334. The van der Waals surface area contributed by atoms with Crippen LogP contribution in [0.2, 0.25) is 0 Å². The van der Waals surface area contributed by atoms with Crippen LogP contribution in [0.1, 0.15) is 28.5 Å². The van der Waals surface area contributed by atoms with Crippen molar-refractivity contribution in [1.29, 1.82) is 0 Å². The van der Waals surface area contributed by atoms with Crippen LogP contribution >= 0.6 is 12.2 Å². The van der Waals surface area contributed by atoms with Gasteiger partial charge in [-0.05, 0) is 38.6 Å². The van der Waals surface area contributed by atoms with Crippen LogP contribution < -0.4 is 0 Å². The smallest absolute Gasteiger partial charge is 0.340 e. The third-order valence-electron chi connectivity index (χ3n) is 3.21. The van der Waals surface area contributed by atoms with Crippen molar-refractivity contribution < 1.29 is 9.53 Å². The van der Waals surface area contributed by atoms with Gasteiger partial charge in [-0.3, -0.25) is 9.67 Å². The number of carbonyl (C=O) groups excluding carboxylic acids is 1. The molecule has 0 aliphatic carbocycles. The van der Waals surface area contributed by atoms with Crippen LogP contribution in [0.5, 0.6) is 0 Å². The predicted octanol–water partition coefficient (Wildman–Crippen LogP) is 2.92. The molecule has 0 saturated carbocycles. The molecule has 0 amide bonds. The fraction of sp³-hybridized carbons (Fsp3) is 0.357. The van der Waals surface area contributed by atoms with Gasteiger partial charge in [0.05, 0.1) is 17.9 Å². The molecule has 0 atom stereocenters. The second-order valence-electron chi connectivity index (χ2n) is 4.60. The molecule has 0 radical (unpaired) electrons. The van der Waals surface area contributed by atoms with Crippen LogP contribution in [0.25, 0.3) is 11.5 Å². The maximum atomic E-state index is 12.0. The summed E-state index contributed by atoms with van der Waals surface area (Å²) in [6.07, 6.45) is 1.74. The van der Waals surface area contributed by atoms with Gasteiger partial charge >= 0.3 is 5.97 Å². The van der Waals surface area contributed by atoms with Crippen LogP contribution in [0.15, 0.2) is 12.7 Å². The number of hydrogen-bond donors (Lipinski definition) is 2. The molecule has 0 bridgehead atoms. The maximum absolute atomic E-state index is 12.0. The summed E-state index contributed by atoms with van der Waals surface area (Å²) in [5.41, 5.74) is 2.85. The maximum Gasteiger partial charge on any atom is 0.340 e. The first-order valence-corrected chi connectivity index (χ1v) is 7.04. The molecule has 0 unspecified atom stereocenters. The minimum atomic E-state index is -0.334. The van der Waals surface area contributed by atoms with E-state index in [4.69, 9.17) is 17.0 Å². The summed E-state index contributed by atoms with van der Waals surface area (Å²) < 4.78 is 7.41. The number of ether oxygens (including phenoxy) is 1. The van der Waals surface area contributed by atoms with E-state index in [1.54, 1.807) is 13.0 Å². The molecule has 0 fully saturated rings. The number of hydrogen-bond acceptors (Lipinski definition) is 4. The molecule has 0 aliphatic heterocycles. The SMILES string of the molecule is C=CCn1c(-c2[nH]c(C)c(C(=O)OCC)c2C)n[nH]c1=S. The van der Waals surface area contributed by atoms with Crippen LogP contribution in [-0.2, 0) is 11.3 Å². The van der Waals surface area contributed by atoms with E-state index in [1.807, 2.05) is 18.4 Å². The Labute approximate surface area is 127 Å². The van der Waals surface area contributed by atoms with Gasteiger partial charge in [-0.15, -0.1) is 6.58 Å². The molecule has 6 nitrogen and oxygen atoms in total. The Balaban J connectivity index is 2.57. The number of esters is 1. The second-order valence-corrected chi connectivity index (χ2v) is 4.98. The summed E-state index contributed by atoms with van der Waals surface area (Å²) in [6.45, 7) is 10.1. The molecule has 0 spiro atoms. The Morgan fingerprint density at radius 2 is 2.24 bits per heavy atom. The van der Waals surface area contributed by atoms with E-state index in [1.165, 1.54) is 0 Å². The van der Waals surface area contributed by atoms with E-state index >= 15 is 0 Å². The Hall–Kier alpha value is -2.15. The van der Waals surface area contributed by atoms with E-state index in [0.29, 0.717) is 29.3 Å². The van der Waals surface area contributed by atoms with E-state index in [2.05, 4.69) is 21.8 Å². The summed E-state index contributed by atoms with van der Waals surface area (Å²) >= 11 is 5.21. The Bertz CT molecular complexity index is 739. The summed E-state index contributed by atoms with van der Waals surface area (Å²) in [5, 5.41) is 7.00. The third-order valence-corrected chi connectivity index (χ3v) is 3.52. The lowest BCUT2D eigenvalue weighted by molar-refractivity contribution is 0.0525. The zero-order chi connectivity index (χ0) is 15.6. The molecule has 112 valence electrons. The first kappa shape index (κ1) is 15.2. The number of aryl methyl sites for hydroxylation is 1. The van der Waals surface area contributed by atoms with Crippen LogP contribution in [-0.4, -0.2) is 32.3 Å². The third kappa shape index (κ3) is 2.69. The summed E-state index contributed by atoms with van der Waals surface area (Å²) in [4.78, 5) is 15.2.